The summed E-state index contributed by atoms with van der Waals surface area (Å²) < 4.78 is 5.98. The molecule has 0 aromatic rings. The zero-order valence-electron chi connectivity index (χ0n) is 7.47. The lowest BCUT2D eigenvalue weighted by Crippen LogP contribution is -2.34. The van der Waals surface area contributed by atoms with Crippen LogP contribution in [0.2, 0.25) is 0 Å². The zero-order chi connectivity index (χ0) is 8.28. The Bertz CT molecular complexity index is 135. The minimum Gasteiger partial charge on any atom is -0.381 e. The first-order valence-corrected chi connectivity index (χ1v) is 5.82. The van der Waals surface area contributed by atoms with E-state index in [0.29, 0.717) is 4.75 Å². The molecule has 2 saturated heterocycles. The maximum absolute atomic E-state index is 5.40. The van der Waals surface area contributed by atoms with Crippen molar-refractivity contribution in [1.82, 2.24) is 5.32 Å². The van der Waals surface area contributed by atoms with E-state index in [4.69, 9.17) is 4.74 Å². The van der Waals surface area contributed by atoms with E-state index in [1.54, 1.807) is 0 Å². The second kappa shape index (κ2) is 3.99. The third kappa shape index (κ3) is 1.95. The van der Waals surface area contributed by atoms with Crippen molar-refractivity contribution in [3.63, 3.8) is 0 Å². The van der Waals surface area contributed by atoms with Crippen LogP contribution in [0.4, 0.5) is 0 Å². The summed E-state index contributed by atoms with van der Waals surface area (Å²) in [6.07, 6.45) is 3.86. The largest absolute Gasteiger partial charge is 0.381 e. The van der Waals surface area contributed by atoms with E-state index in [9.17, 15) is 0 Å². The van der Waals surface area contributed by atoms with Crippen molar-refractivity contribution in [3.8, 4) is 0 Å². The van der Waals surface area contributed by atoms with E-state index in [1.807, 2.05) is 0 Å². The Hall–Kier alpha value is 0.270. The molecule has 70 valence electrons. The number of thioether (sulfide) groups is 1. The van der Waals surface area contributed by atoms with E-state index in [0.717, 1.165) is 13.2 Å². The summed E-state index contributed by atoms with van der Waals surface area (Å²) in [6, 6.07) is 0. The number of nitrogens with one attached hydrogen (secondary N) is 1. The van der Waals surface area contributed by atoms with E-state index in [2.05, 4.69) is 17.1 Å². The molecule has 2 nitrogen and oxygen atoms in total. The van der Waals surface area contributed by atoms with Crippen LogP contribution >= 0.6 is 11.8 Å². The van der Waals surface area contributed by atoms with Crippen molar-refractivity contribution < 1.29 is 4.74 Å². The SMILES string of the molecule is C1CSC2(CCN1)CCOCC2. The van der Waals surface area contributed by atoms with Crippen LogP contribution in [0.5, 0.6) is 0 Å². The lowest BCUT2D eigenvalue weighted by molar-refractivity contribution is 0.0757. The lowest BCUT2D eigenvalue weighted by Gasteiger charge is -2.35. The number of ether oxygens (including phenoxy) is 1. The van der Waals surface area contributed by atoms with Gasteiger partial charge in [-0.1, -0.05) is 0 Å². The fourth-order valence-electron chi connectivity index (χ4n) is 1.99. The molecule has 2 fully saturated rings. The highest BCUT2D eigenvalue weighted by Gasteiger charge is 2.33. The Kier molecular flexibility index (Phi) is 2.94. The fraction of sp³-hybridized carbons (Fsp3) is 1.00. The van der Waals surface area contributed by atoms with Crippen molar-refractivity contribution in [3.05, 3.63) is 0 Å². The van der Waals surface area contributed by atoms with Gasteiger partial charge in [-0.25, -0.2) is 0 Å². The van der Waals surface area contributed by atoms with Gasteiger partial charge in [-0.2, -0.15) is 11.8 Å². The van der Waals surface area contributed by atoms with Gasteiger partial charge in [0.1, 0.15) is 0 Å². The van der Waals surface area contributed by atoms with Crippen LogP contribution in [0, 0.1) is 0 Å². The second-order valence-corrected chi connectivity index (χ2v) is 5.21. The molecule has 3 heteroatoms. The molecule has 0 saturated carbocycles. The predicted molar refractivity (Wildman–Crippen MR) is 52.7 cm³/mol. The average Bonchev–Trinajstić information content (AvgIpc) is 2.33. The monoisotopic (exact) mass is 187 g/mol. The third-order valence-electron chi connectivity index (χ3n) is 2.85. The van der Waals surface area contributed by atoms with Crippen LogP contribution in [-0.4, -0.2) is 36.8 Å². The van der Waals surface area contributed by atoms with Crippen LogP contribution in [0.3, 0.4) is 0 Å². The molecular weight excluding hydrogens is 170 g/mol. The molecule has 2 heterocycles. The number of hydrogen-bond acceptors (Lipinski definition) is 3. The molecule has 0 atom stereocenters. The maximum Gasteiger partial charge on any atom is 0.0479 e. The molecule has 0 unspecified atom stereocenters. The molecule has 1 spiro atoms. The molecule has 0 amide bonds. The number of rotatable bonds is 0. The van der Waals surface area contributed by atoms with Crippen LogP contribution in [-0.2, 0) is 4.74 Å². The summed E-state index contributed by atoms with van der Waals surface area (Å²) >= 11 is 2.16. The normalized spacial score (nSPS) is 30.0. The van der Waals surface area contributed by atoms with Gasteiger partial charge < -0.3 is 10.1 Å². The van der Waals surface area contributed by atoms with Crippen LogP contribution in [0.25, 0.3) is 0 Å². The molecule has 0 aliphatic carbocycles. The van der Waals surface area contributed by atoms with Gasteiger partial charge in [0.2, 0.25) is 0 Å². The lowest BCUT2D eigenvalue weighted by atomic mass is 9.95. The Morgan fingerprint density at radius 1 is 1.08 bits per heavy atom. The molecule has 12 heavy (non-hydrogen) atoms. The summed E-state index contributed by atoms with van der Waals surface area (Å²) in [5.41, 5.74) is 0. The maximum atomic E-state index is 5.40. The molecule has 2 rings (SSSR count). The van der Waals surface area contributed by atoms with Crippen LogP contribution < -0.4 is 5.32 Å². The highest BCUT2D eigenvalue weighted by molar-refractivity contribution is 8.00. The summed E-state index contributed by atoms with van der Waals surface area (Å²) in [6.45, 7) is 4.35. The summed E-state index contributed by atoms with van der Waals surface area (Å²) in [5, 5.41) is 3.46. The third-order valence-corrected chi connectivity index (χ3v) is 4.48. The first-order valence-electron chi connectivity index (χ1n) is 4.84. The molecule has 2 aliphatic heterocycles. The van der Waals surface area contributed by atoms with Gasteiger partial charge in [-0.3, -0.25) is 0 Å². The van der Waals surface area contributed by atoms with Gasteiger partial charge in [-0.15, -0.1) is 0 Å². The van der Waals surface area contributed by atoms with Crippen molar-refractivity contribution >= 4 is 11.8 Å². The van der Waals surface area contributed by atoms with Crippen molar-refractivity contribution in [1.29, 1.82) is 0 Å². The molecular formula is C9H17NOS. The Morgan fingerprint density at radius 2 is 1.92 bits per heavy atom. The van der Waals surface area contributed by atoms with Gasteiger partial charge in [0.15, 0.2) is 0 Å². The van der Waals surface area contributed by atoms with E-state index < -0.39 is 0 Å². The predicted octanol–water partition coefficient (Wildman–Crippen LogP) is 1.26. The molecule has 0 aromatic carbocycles. The average molecular weight is 187 g/mol. The second-order valence-electron chi connectivity index (χ2n) is 3.64. The summed E-state index contributed by atoms with van der Waals surface area (Å²) in [7, 11) is 0. The number of hydrogen-bond donors (Lipinski definition) is 1. The fourth-order valence-corrected chi connectivity index (χ4v) is 3.37. The minimum absolute atomic E-state index is 0.571. The van der Waals surface area contributed by atoms with Gasteiger partial charge in [0.05, 0.1) is 0 Å². The quantitative estimate of drug-likeness (QED) is 0.617. The van der Waals surface area contributed by atoms with E-state index >= 15 is 0 Å². The molecule has 0 radical (unpaired) electrons. The topological polar surface area (TPSA) is 21.3 Å². The van der Waals surface area contributed by atoms with Crippen molar-refractivity contribution in [2.75, 3.05) is 32.1 Å². The highest BCUT2D eigenvalue weighted by Crippen LogP contribution is 2.38. The first kappa shape index (κ1) is 8.85. The molecule has 0 bridgehead atoms. The first-order chi connectivity index (χ1) is 5.91. The smallest absolute Gasteiger partial charge is 0.0479 e. The van der Waals surface area contributed by atoms with Crippen LogP contribution in [0.1, 0.15) is 19.3 Å². The molecule has 2 aliphatic rings. The highest BCUT2D eigenvalue weighted by atomic mass is 32.2. The standard InChI is InChI=1S/C9H17NOS/c1-4-10-5-8-12-9(1)2-6-11-7-3-9/h10H,1-8H2. The van der Waals surface area contributed by atoms with E-state index in [-0.39, 0.29) is 0 Å². The van der Waals surface area contributed by atoms with Gasteiger partial charge in [0.25, 0.3) is 0 Å². The van der Waals surface area contributed by atoms with Gasteiger partial charge in [0, 0.05) is 30.3 Å². The molecule has 0 aromatic heterocycles. The van der Waals surface area contributed by atoms with Crippen molar-refractivity contribution in [2.45, 2.75) is 24.0 Å². The van der Waals surface area contributed by atoms with Gasteiger partial charge in [-0.05, 0) is 25.8 Å². The van der Waals surface area contributed by atoms with E-state index in [1.165, 1.54) is 38.1 Å². The van der Waals surface area contributed by atoms with Gasteiger partial charge >= 0.3 is 0 Å². The molecule has 1 N–H and O–H groups in total. The Morgan fingerprint density at radius 3 is 2.75 bits per heavy atom. The summed E-state index contributed by atoms with van der Waals surface area (Å²) in [4.78, 5) is 0. The Balaban J connectivity index is 1.95. The van der Waals surface area contributed by atoms with Crippen molar-refractivity contribution in [2.24, 2.45) is 0 Å². The summed E-state index contributed by atoms with van der Waals surface area (Å²) in [5.74, 6) is 1.28. The zero-order valence-corrected chi connectivity index (χ0v) is 8.29. The Labute approximate surface area is 78.4 Å². The van der Waals surface area contributed by atoms with Crippen LogP contribution in [0.15, 0.2) is 0 Å². The minimum atomic E-state index is 0.571.